The number of halogens is 1. The molecule has 3 rings (SSSR count). The molecule has 1 atom stereocenters. The standard InChI is InChI=1S/C17H17BrN2O3/c1-10-7-14(13-8-12(18)4-5-15(13)19-10)16(21)20-6-2-3-11(9-20)17(22)23/h4-5,7-8,11H,2-3,6,9H2,1H3,(H,22,23)/t11-/m0/s1. The maximum Gasteiger partial charge on any atom is 0.308 e. The Morgan fingerprint density at radius 2 is 2.13 bits per heavy atom. The number of hydrogen-bond donors (Lipinski definition) is 1. The summed E-state index contributed by atoms with van der Waals surface area (Å²) < 4.78 is 0.881. The molecule has 1 aromatic carbocycles. The van der Waals surface area contributed by atoms with E-state index in [2.05, 4.69) is 20.9 Å². The van der Waals surface area contributed by atoms with Gasteiger partial charge in [0.2, 0.25) is 0 Å². The summed E-state index contributed by atoms with van der Waals surface area (Å²) in [5.74, 6) is -1.43. The lowest BCUT2D eigenvalue weighted by atomic mass is 9.97. The molecule has 120 valence electrons. The summed E-state index contributed by atoms with van der Waals surface area (Å²) in [6.07, 6.45) is 1.34. The number of rotatable bonds is 2. The Balaban J connectivity index is 2.00. The molecule has 0 spiro atoms. The second-order valence-corrected chi connectivity index (χ2v) is 6.82. The first-order valence-electron chi connectivity index (χ1n) is 7.54. The lowest BCUT2D eigenvalue weighted by molar-refractivity contribution is -0.143. The summed E-state index contributed by atoms with van der Waals surface area (Å²) in [6.45, 7) is 2.72. The van der Waals surface area contributed by atoms with Gasteiger partial charge in [-0.05, 0) is 44.0 Å². The van der Waals surface area contributed by atoms with Crippen molar-refractivity contribution in [2.24, 2.45) is 5.92 Å². The molecule has 1 amide bonds. The number of aryl methyl sites for hydroxylation is 1. The second kappa shape index (κ2) is 6.28. The smallest absolute Gasteiger partial charge is 0.308 e. The molecule has 1 fully saturated rings. The third-order valence-electron chi connectivity index (χ3n) is 4.19. The van der Waals surface area contributed by atoms with E-state index in [9.17, 15) is 14.7 Å². The third kappa shape index (κ3) is 3.22. The highest BCUT2D eigenvalue weighted by molar-refractivity contribution is 9.10. The van der Waals surface area contributed by atoms with Crippen molar-refractivity contribution >= 4 is 38.7 Å². The first-order valence-corrected chi connectivity index (χ1v) is 8.34. The quantitative estimate of drug-likeness (QED) is 0.872. The number of aromatic nitrogens is 1. The fourth-order valence-electron chi connectivity index (χ4n) is 3.04. The molecule has 1 saturated heterocycles. The zero-order valence-electron chi connectivity index (χ0n) is 12.8. The van der Waals surface area contributed by atoms with Gasteiger partial charge in [-0.3, -0.25) is 14.6 Å². The van der Waals surface area contributed by atoms with Crippen LogP contribution in [0.4, 0.5) is 0 Å². The van der Waals surface area contributed by atoms with Crippen LogP contribution in [0, 0.1) is 12.8 Å². The van der Waals surface area contributed by atoms with Crippen LogP contribution in [0.3, 0.4) is 0 Å². The summed E-state index contributed by atoms with van der Waals surface area (Å²) in [5, 5.41) is 9.99. The minimum absolute atomic E-state index is 0.121. The summed E-state index contributed by atoms with van der Waals surface area (Å²) in [6, 6.07) is 7.43. The van der Waals surface area contributed by atoms with Crippen LogP contribution in [0.15, 0.2) is 28.7 Å². The van der Waals surface area contributed by atoms with Crippen LogP contribution in [0.2, 0.25) is 0 Å². The Bertz CT molecular complexity index is 791. The molecule has 1 aliphatic heterocycles. The number of fused-ring (bicyclic) bond motifs is 1. The van der Waals surface area contributed by atoms with Crippen molar-refractivity contribution < 1.29 is 14.7 Å². The summed E-state index contributed by atoms with van der Waals surface area (Å²) >= 11 is 3.43. The lowest BCUT2D eigenvalue weighted by Crippen LogP contribution is -2.42. The molecule has 0 saturated carbocycles. The van der Waals surface area contributed by atoms with Crippen molar-refractivity contribution in [1.82, 2.24) is 9.88 Å². The lowest BCUT2D eigenvalue weighted by Gasteiger charge is -2.31. The first-order chi connectivity index (χ1) is 11.0. The van der Waals surface area contributed by atoms with Crippen LogP contribution in [0.25, 0.3) is 10.9 Å². The molecule has 2 aromatic rings. The van der Waals surface area contributed by atoms with E-state index in [-0.39, 0.29) is 12.5 Å². The summed E-state index contributed by atoms with van der Waals surface area (Å²) in [7, 11) is 0. The molecular formula is C17H17BrN2O3. The fraction of sp³-hybridized carbons (Fsp3) is 0.353. The van der Waals surface area contributed by atoms with E-state index in [0.717, 1.165) is 21.1 Å². The van der Waals surface area contributed by atoms with Crippen LogP contribution in [0.1, 0.15) is 28.9 Å². The van der Waals surface area contributed by atoms with Gasteiger partial charge in [-0.2, -0.15) is 0 Å². The Morgan fingerprint density at radius 3 is 2.87 bits per heavy atom. The maximum atomic E-state index is 12.9. The largest absolute Gasteiger partial charge is 0.481 e. The highest BCUT2D eigenvalue weighted by atomic mass is 79.9. The number of nitrogens with zero attached hydrogens (tertiary/aromatic N) is 2. The molecule has 5 nitrogen and oxygen atoms in total. The van der Waals surface area contributed by atoms with E-state index >= 15 is 0 Å². The number of amides is 1. The first kappa shape index (κ1) is 15.9. The topological polar surface area (TPSA) is 70.5 Å². The summed E-state index contributed by atoms with van der Waals surface area (Å²) in [5.41, 5.74) is 2.12. The van der Waals surface area contributed by atoms with Crippen LogP contribution in [-0.2, 0) is 4.79 Å². The van der Waals surface area contributed by atoms with Gasteiger partial charge in [-0.15, -0.1) is 0 Å². The Morgan fingerprint density at radius 1 is 1.35 bits per heavy atom. The van der Waals surface area contributed by atoms with E-state index in [1.165, 1.54) is 0 Å². The van der Waals surface area contributed by atoms with Crippen LogP contribution in [-0.4, -0.2) is 40.0 Å². The average molecular weight is 377 g/mol. The SMILES string of the molecule is Cc1cc(C(=O)N2CCC[C@H](C(=O)O)C2)c2cc(Br)ccc2n1. The normalized spacial score (nSPS) is 18.2. The number of hydrogen-bond acceptors (Lipinski definition) is 3. The predicted octanol–water partition coefficient (Wildman–Crippen LogP) is 3.24. The highest BCUT2D eigenvalue weighted by Gasteiger charge is 2.29. The maximum absolute atomic E-state index is 12.9. The Kier molecular flexibility index (Phi) is 4.35. The number of pyridine rings is 1. The van der Waals surface area contributed by atoms with Crippen molar-refractivity contribution in [3.63, 3.8) is 0 Å². The van der Waals surface area contributed by atoms with Crippen molar-refractivity contribution in [2.75, 3.05) is 13.1 Å². The third-order valence-corrected chi connectivity index (χ3v) is 4.68. The number of benzene rings is 1. The van der Waals surface area contributed by atoms with Crippen molar-refractivity contribution in [3.05, 3.63) is 40.0 Å². The van der Waals surface area contributed by atoms with E-state index in [1.54, 1.807) is 11.0 Å². The number of piperidine rings is 1. The molecule has 0 aliphatic carbocycles. The number of carboxylic acids is 1. The molecule has 23 heavy (non-hydrogen) atoms. The van der Waals surface area contributed by atoms with Gasteiger partial charge in [0.05, 0.1) is 17.0 Å². The van der Waals surface area contributed by atoms with E-state index < -0.39 is 11.9 Å². The molecule has 1 aliphatic rings. The van der Waals surface area contributed by atoms with Crippen molar-refractivity contribution in [3.8, 4) is 0 Å². The molecule has 1 aromatic heterocycles. The summed E-state index contributed by atoms with van der Waals surface area (Å²) in [4.78, 5) is 30.3. The molecule has 2 heterocycles. The molecule has 0 unspecified atom stereocenters. The minimum atomic E-state index is -0.832. The van der Waals surface area contributed by atoms with Gasteiger partial charge >= 0.3 is 5.97 Å². The van der Waals surface area contributed by atoms with E-state index in [4.69, 9.17) is 0 Å². The van der Waals surface area contributed by atoms with Crippen molar-refractivity contribution in [2.45, 2.75) is 19.8 Å². The average Bonchev–Trinajstić information content (AvgIpc) is 2.54. The van der Waals surface area contributed by atoms with Gasteiger partial charge in [-0.25, -0.2) is 0 Å². The monoisotopic (exact) mass is 376 g/mol. The van der Waals surface area contributed by atoms with E-state index in [1.807, 2.05) is 25.1 Å². The second-order valence-electron chi connectivity index (χ2n) is 5.90. The number of aliphatic carboxylic acids is 1. The highest BCUT2D eigenvalue weighted by Crippen LogP contribution is 2.26. The molecule has 0 bridgehead atoms. The van der Waals surface area contributed by atoms with Gasteiger partial charge in [0.1, 0.15) is 0 Å². The van der Waals surface area contributed by atoms with Crippen molar-refractivity contribution in [1.29, 1.82) is 0 Å². The zero-order valence-corrected chi connectivity index (χ0v) is 14.3. The molecule has 1 N–H and O–H groups in total. The van der Waals surface area contributed by atoms with Crippen LogP contribution in [0.5, 0.6) is 0 Å². The zero-order chi connectivity index (χ0) is 16.6. The number of likely N-dealkylation sites (tertiary alicyclic amines) is 1. The molecule has 6 heteroatoms. The number of carbonyl (C=O) groups is 2. The van der Waals surface area contributed by atoms with Gasteiger partial charge < -0.3 is 10.0 Å². The Labute approximate surface area is 142 Å². The van der Waals surface area contributed by atoms with Crippen LogP contribution >= 0.6 is 15.9 Å². The molecular weight excluding hydrogens is 360 g/mol. The van der Waals surface area contributed by atoms with Gasteiger partial charge in [-0.1, -0.05) is 15.9 Å². The van der Waals surface area contributed by atoms with Gasteiger partial charge in [0.25, 0.3) is 5.91 Å². The predicted molar refractivity (Wildman–Crippen MR) is 90.4 cm³/mol. The minimum Gasteiger partial charge on any atom is -0.481 e. The van der Waals surface area contributed by atoms with Gasteiger partial charge in [0.15, 0.2) is 0 Å². The Hall–Kier alpha value is -1.95. The van der Waals surface area contributed by atoms with Crippen LogP contribution < -0.4 is 0 Å². The molecule has 0 radical (unpaired) electrons. The van der Waals surface area contributed by atoms with Gasteiger partial charge in [0, 0.05) is 28.6 Å². The number of carbonyl (C=O) groups excluding carboxylic acids is 1. The fourth-order valence-corrected chi connectivity index (χ4v) is 3.40. The number of carboxylic acid groups (broad SMARTS) is 1. The van der Waals surface area contributed by atoms with E-state index in [0.29, 0.717) is 24.9 Å².